The summed E-state index contributed by atoms with van der Waals surface area (Å²) < 4.78 is 5.68. The lowest BCUT2D eigenvalue weighted by molar-refractivity contribution is 0.0925. The lowest BCUT2D eigenvalue weighted by Gasteiger charge is -2.31. The van der Waals surface area contributed by atoms with E-state index in [0.29, 0.717) is 16.5 Å². The lowest BCUT2D eigenvalue weighted by Crippen LogP contribution is -2.35. The largest absolute Gasteiger partial charge is 0.444 e. The fraction of sp³-hybridized carbons (Fsp3) is 0.333. The minimum atomic E-state index is -0.308. The van der Waals surface area contributed by atoms with E-state index in [-0.39, 0.29) is 11.7 Å². The van der Waals surface area contributed by atoms with Crippen LogP contribution in [0.4, 0.5) is 0 Å². The molecule has 1 fully saturated rings. The Hall–Kier alpha value is -1.36. The van der Waals surface area contributed by atoms with Crippen molar-refractivity contribution in [2.75, 3.05) is 0 Å². The van der Waals surface area contributed by atoms with E-state index >= 15 is 0 Å². The van der Waals surface area contributed by atoms with Crippen LogP contribution in [0, 0.1) is 11.8 Å². The third kappa shape index (κ3) is 1.95. The van der Waals surface area contributed by atoms with Crippen molar-refractivity contribution in [3.63, 3.8) is 0 Å². The van der Waals surface area contributed by atoms with Gasteiger partial charge in [0.2, 0.25) is 0 Å². The Labute approximate surface area is 107 Å². The van der Waals surface area contributed by atoms with Gasteiger partial charge in [-0.15, -0.1) is 0 Å². The van der Waals surface area contributed by atoms with Gasteiger partial charge in [-0.3, -0.25) is 4.79 Å². The highest BCUT2D eigenvalue weighted by Gasteiger charge is 2.38. The second kappa shape index (κ2) is 4.14. The van der Waals surface area contributed by atoms with Crippen LogP contribution in [-0.4, -0.2) is 11.6 Å². The molecule has 1 aromatic heterocycles. The van der Waals surface area contributed by atoms with Crippen molar-refractivity contribution in [3.05, 3.63) is 34.7 Å². The van der Waals surface area contributed by atoms with Gasteiger partial charge in [-0.2, -0.15) is 5.10 Å². The lowest BCUT2D eigenvalue weighted by atomic mass is 9.74. The van der Waals surface area contributed by atoms with Crippen LogP contribution >= 0.6 is 15.9 Å². The fourth-order valence-corrected chi connectivity index (χ4v) is 2.58. The molecule has 2 aliphatic carbocycles. The third-order valence-electron chi connectivity index (χ3n) is 3.26. The zero-order chi connectivity index (χ0) is 11.8. The van der Waals surface area contributed by atoms with Crippen LogP contribution in [0.2, 0.25) is 0 Å². The molecule has 1 heterocycles. The Bertz CT molecular complexity index is 518. The maximum absolute atomic E-state index is 11.6. The van der Waals surface area contributed by atoms with Gasteiger partial charge in [0.05, 0.1) is 0 Å². The third-order valence-corrected chi connectivity index (χ3v) is 3.69. The summed E-state index contributed by atoms with van der Waals surface area (Å²) in [5.74, 6) is 1.11. The van der Waals surface area contributed by atoms with Gasteiger partial charge in [-0.05, 0) is 46.8 Å². The Kier molecular flexibility index (Phi) is 2.63. The number of hydrogen-bond donors (Lipinski definition) is 1. The standard InChI is InChI=1S/C12H11BrN2O2/c13-11-5-4-10(17-11)12(16)15-14-9-6-7-2-1-3-8(7)9/h1-2,4-5,7-8H,3,6H2,(H,15,16)/b14-9+/t7-,8-/m0/s1. The number of hydrazone groups is 1. The summed E-state index contributed by atoms with van der Waals surface area (Å²) in [6.45, 7) is 0. The molecule has 0 spiro atoms. The molecule has 0 aliphatic heterocycles. The molecule has 5 heteroatoms. The SMILES string of the molecule is O=C(N/N=C1\C[C@@H]2C=CC[C@H]12)c1ccc(Br)o1. The first kappa shape index (κ1) is 10.8. The van der Waals surface area contributed by atoms with Crippen molar-refractivity contribution in [2.24, 2.45) is 16.9 Å². The Morgan fingerprint density at radius 1 is 1.53 bits per heavy atom. The van der Waals surface area contributed by atoms with Gasteiger partial charge in [-0.1, -0.05) is 12.2 Å². The smallest absolute Gasteiger partial charge is 0.307 e. The van der Waals surface area contributed by atoms with E-state index in [1.165, 1.54) is 0 Å². The predicted octanol–water partition coefficient (Wildman–Crippen LogP) is 2.72. The average Bonchev–Trinajstić information content (AvgIpc) is 2.86. The number of furan rings is 1. The van der Waals surface area contributed by atoms with Gasteiger partial charge in [0.15, 0.2) is 10.4 Å². The van der Waals surface area contributed by atoms with Crippen LogP contribution in [-0.2, 0) is 0 Å². The van der Waals surface area contributed by atoms with Crippen LogP contribution in [0.3, 0.4) is 0 Å². The van der Waals surface area contributed by atoms with E-state index in [2.05, 4.69) is 38.6 Å². The van der Waals surface area contributed by atoms with Crippen LogP contribution in [0.5, 0.6) is 0 Å². The number of carbonyl (C=O) groups is 1. The number of rotatable bonds is 2. The highest BCUT2D eigenvalue weighted by molar-refractivity contribution is 9.10. The van der Waals surface area contributed by atoms with E-state index in [0.717, 1.165) is 18.6 Å². The molecule has 0 saturated heterocycles. The highest BCUT2D eigenvalue weighted by atomic mass is 79.9. The number of amides is 1. The van der Waals surface area contributed by atoms with E-state index in [1.807, 2.05) is 0 Å². The molecule has 1 amide bonds. The molecule has 0 aromatic carbocycles. The zero-order valence-corrected chi connectivity index (χ0v) is 10.6. The zero-order valence-electron chi connectivity index (χ0n) is 9.02. The molecule has 2 atom stereocenters. The maximum atomic E-state index is 11.6. The molecule has 4 nitrogen and oxygen atoms in total. The normalized spacial score (nSPS) is 27.9. The summed E-state index contributed by atoms with van der Waals surface area (Å²) in [6, 6.07) is 3.29. The van der Waals surface area contributed by atoms with Crippen molar-refractivity contribution < 1.29 is 9.21 Å². The molecule has 1 aromatic rings. The summed E-state index contributed by atoms with van der Waals surface area (Å²) in [5, 5.41) is 4.16. The van der Waals surface area contributed by atoms with E-state index < -0.39 is 0 Å². The van der Waals surface area contributed by atoms with Crippen LogP contribution < -0.4 is 5.43 Å². The van der Waals surface area contributed by atoms with Crippen molar-refractivity contribution >= 4 is 27.5 Å². The number of nitrogens with one attached hydrogen (secondary N) is 1. The quantitative estimate of drug-likeness (QED) is 0.673. The number of fused-ring (bicyclic) bond motifs is 1. The van der Waals surface area contributed by atoms with Crippen molar-refractivity contribution in [1.82, 2.24) is 5.43 Å². The van der Waals surface area contributed by atoms with Gasteiger partial charge < -0.3 is 4.42 Å². The number of hydrogen-bond acceptors (Lipinski definition) is 3. The van der Waals surface area contributed by atoms with Crippen molar-refractivity contribution in [1.29, 1.82) is 0 Å². The second-order valence-corrected chi connectivity index (χ2v) is 5.07. The molecular weight excluding hydrogens is 284 g/mol. The van der Waals surface area contributed by atoms with Gasteiger partial charge in [0.1, 0.15) is 0 Å². The van der Waals surface area contributed by atoms with Crippen LogP contribution in [0.15, 0.2) is 38.5 Å². The van der Waals surface area contributed by atoms with Gasteiger partial charge in [-0.25, -0.2) is 5.43 Å². The van der Waals surface area contributed by atoms with Crippen molar-refractivity contribution in [2.45, 2.75) is 12.8 Å². The molecule has 0 unspecified atom stereocenters. The summed E-state index contributed by atoms with van der Waals surface area (Å²) >= 11 is 3.15. The predicted molar refractivity (Wildman–Crippen MR) is 66.7 cm³/mol. The first-order valence-corrected chi connectivity index (χ1v) is 6.32. The highest BCUT2D eigenvalue weighted by Crippen LogP contribution is 2.40. The first-order chi connectivity index (χ1) is 8.24. The summed E-state index contributed by atoms with van der Waals surface area (Å²) in [5.41, 5.74) is 3.62. The van der Waals surface area contributed by atoms with Gasteiger partial charge >= 0.3 is 5.91 Å². The Balaban J connectivity index is 1.61. The maximum Gasteiger partial charge on any atom is 0.307 e. The molecule has 0 radical (unpaired) electrons. The molecule has 3 rings (SSSR count). The molecule has 1 saturated carbocycles. The topological polar surface area (TPSA) is 54.6 Å². The van der Waals surface area contributed by atoms with Crippen LogP contribution in [0.1, 0.15) is 23.4 Å². The summed E-state index contributed by atoms with van der Waals surface area (Å²) in [4.78, 5) is 11.6. The minimum Gasteiger partial charge on any atom is -0.444 e. The number of nitrogens with zero attached hydrogens (tertiary/aromatic N) is 1. The second-order valence-electron chi connectivity index (χ2n) is 4.29. The molecule has 2 aliphatic rings. The van der Waals surface area contributed by atoms with E-state index in [4.69, 9.17) is 4.42 Å². The molecule has 0 bridgehead atoms. The number of carbonyl (C=O) groups excluding carboxylic acids is 1. The summed E-state index contributed by atoms with van der Waals surface area (Å²) in [7, 11) is 0. The number of halogens is 1. The van der Waals surface area contributed by atoms with E-state index in [1.54, 1.807) is 12.1 Å². The van der Waals surface area contributed by atoms with Crippen molar-refractivity contribution in [3.8, 4) is 0 Å². The molecule has 1 N–H and O–H groups in total. The average molecular weight is 295 g/mol. The van der Waals surface area contributed by atoms with Gasteiger partial charge in [0, 0.05) is 11.6 Å². The van der Waals surface area contributed by atoms with E-state index in [9.17, 15) is 4.79 Å². The Morgan fingerprint density at radius 3 is 3.12 bits per heavy atom. The molecule has 88 valence electrons. The van der Waals surface area contributed by atoms with Gasteiger partial charge in [0.25, 0.3) is 0 Å². The minimum absolute atomic E-state index is 0.265. The molecule has 17 heavy (non-hydrogen) atoms. The van der Waals surface area contributed by atoms with Crippen LogP contribution in [0.25, 0.3) is 0 Å². The first-order valence-electron chi connectivity index (χ1n) is 5.53. The Morgan fingerprint density at radius 2 is 2.41 bits per heavy atom. The fourth-order valence-electron chi connectivity index (χ4n) is 2.28. The number of allylic oxidation sites excluding steroid dienone is 2. The summed E-state index contributed by atoms with van der Waals surface area (Å²) in [6.07, 6.45) is 6.42. The molecular formula is C12H11BrN2O2. The monoisotopic (exact) mass is 294 g/mol.